The zero-order valence-electron chi connectivity index (χ0n) is 5.46. The van der Waals surface area contributed by atoms with Gasteiger partial charge < -0.3 is 0 Å². The topological polar surface area (TPSA) is 36.7 Å². The van der Waals surface area contributed by atoms with E-state index in [2.05, 4.69) is 4.98 Å². The normalized spacial score (nSPS) is 9.64. The van der Waals surface area contributed by atoms with Crippen molar-refractivity contribution in [2.75, 3.05) is 0 Å². The Morgan fingerprint density at radius 1 is 1.55 bits per heavy atom. The number of hydrogen-bond acceptors (Lipinski definition) is 2. The molecule has 0 aliphatic carbocycles. The molecule has 0 spiro atoms. The van der Waals surface area contributed by atoms with Crippen molar-refractivity contribution in [3.05, 3.63) is 29.6 Å². The SMILES string of the molecule is N#Cc1cc(C(F)F)ccn1. The fourth-order valence-corrected chi connectivity index (χ4v) is 0.644. The monoisotopic (exact) mass is 154 g/mol. The van der Waals surface area contributed by atoms with Gasteiger partial charge in [0.15, 0.2) is 0 Å². The van der Waals surface area contributed by atoms with Gasteiger partial charge in [-0.15, -0.1) is 0 Å². The first-order valence-corrected chi connectivity index (χ1v) is 2.88. The van der Waals surface area contributed by atoms with Crippen molar-refractivity contribution < 1.29 is 8.78 Å². The molecule has 0 atom stereocenters. The summed E-state index contributed by atoms with van der Waals surface area (Å²) in [5.74, 6) is 0. The van der Waals surface area contributed by atoms with Gasteiger partial charge in [-0.3, -0.25) is 0 Å². The van der Waals surface area contributed by atoms with Crippen molar-refractivity contribution in [1.29, 1.82) is 5.26 Å². The molecule has 1 heterocycles. The lowest BCUT2D eigenvalue weighted by Crippen LogP contribution is -1.87. The first-order chi connectivity index (χ1) is 5.24. The van der Waals surface area contributed by atoms with Gasteiger partial charge in [-0.2, -0.15) is 5.26 Å². The van der Waals surface area contributed by atoms with Gasteiger partial charge in [-0.05, 0) is 12.1 Å². The third-order valence-corrected chi connectivity index (χ3v) is 1.15. The van der Waals surface area contributed by atoms with Crippen molar-refractivity contribution in [2.24, 2.45) is 0 Å². The second-order valence-electron chi connectivity index (χ2n) is 1.89. The van der Waals surface area contributed by atoms with Crippen molar-refractivity contribution in [2.45, 2.75) is 6.43 Å². The number of alkyl halides is 2. The molecule has 0 amide bonds. The Balaban J connectivity index is 3.03. The summed E-state index contributed by atoms with van der Waals surface area (Å²) in [4.78, 5) is 3.55. The molecule has 0 saturated heterocycles. The highest BCUT2D eigenvalue weighted by Crippen LogP contribution is 2.17. The summed E-state index contributed by atoms with van der Waals surface area (Å²) >= 11 is 0. The predicted octanol–water partition coefficient (Wildman–Crippen LogP) is 1.89. The molecular weight excluding hydrogens is 150 g/mol. The van der Waals surface area contributed by atoms with E-state index >= 15 is 0 Å². The number of hydrogen-bond donors (Lipinski definition) is 0. The Morgan fingerprint density at radius 2 is 2.27 bits per heavy atom. The number of halogens is 2. The lowest BCUT2D eigenvalue weighted by Gasteiger charge is -1.96. The Hall–Kier alpha value is -1.50. The fourth-order valence-electron chi connectivity index (χ4n) is 0.644. The van der Waals surface area contributed by atoms with Crippen LogP contribution in [0.3, 0.4) is 0 Å². The van der Waals surface area contributed by atoms with Gasteiger partial charge in [0.1, 0.15) is 11.8 Å². The minimum Gasteiger partial charge on any atom is -0.246 e. The van der Waals surface area contributed by atoms with E-state index in [4.69, 9.17) is 5.26 Å². The molecule has 4 heteroatoms. The summed E-state index contributed by atoms with van der Waals surface area (Å²) in [6.07, 6.45) is -1.34. The van der Waals surface area contributed by atoms with Crippen LogP contribution in [-0.2, 0) is 0 Å². The first-order valence-electron chi connectivity index (χ1n) is 2.88. The Morgan fingerprint density at radius 3 is 2.82 bits per heavy atom. The zero-order valence-corrected chi connectivity index (χ0v) is 5.46. The van der Waals surface area contributed by atoms with Crippen LogP contribution in [0.25, 0.3) is 0 Å². The molecule has 0 bridgehead atoms. The molecule has 0 radical (unpaired) electrons. The van der Waals surface area contributed by atoms with E-state index in [1.807, 2.05) is 0 Å². The summed E-state index contributed by atoms with van der Waals surface area (Å²) in [6, 6.07) is 3.94. The molecule has 0 N–H and O–H groups in total. The van der Waals surface area contributed by atoms with Gasteiger partial charge >= 0.3 is 0 Å². The van der Waals surface area contributed by atoms with Gasteiger partial charge in [0.05, 0.1) is 0 Å². The van der Waals surface area contributed by atoms with E-state index in [0.717, 1.165) is 6.07 Å². The maximum Gasteiger partial charge on any atom is 0.264 e. The average molecular weight is 154 g/mol. The molecule has 0 aliphatic rings. The molecule has 11 heavy (non-hydrogen) atoms. The molecule has 0 aliphatic heterocycles. The van der Waals surface area contributed by atoms with Gasteiger partial charge in [-0.1, -0.05) is 0 Å². The number of rotatable bonds is 1. The van der Waals surface area contributed by atoms with E-state index in [-0.39, 0.29) is 11.3 Å². The highest BCUT2D eigenvalue weighted by molar-refractivity contribution is 5.25. The highest BCUT2D eigenvalue weighted by Gasteiger charge is 2.06. The van der Waals surface area contributed by atoms with E-state index in [1.54, 1.807) is 6.07 Å². The maximum absolute atomic E-state index is 11.9. The molecule has 0 unspecified atom stereocenters. The molecule has 0 aromatic carbocycles. The molecule has 0 fully saturated rings. The van der Waals surface area contributed by atoms with Crippen LogP contribution in [0.2, 0.25) is 0 Å². The first kappa shape index (κ1) is 7.61. The molecule has 1 aromatic rings. The van der Waals surface area contributed by atoms with Gasteiger partial charge in [0.2, 0.25) is 0 Å². The van der Waals surface area contributed by atoms with Crippen LogP contribution in [0.1, 0.15) is 17.7 Å². The minimum absolute atomic E-state index is 0.0165. The fraction of sp³-hybridized carbons (Fsp3) is 0.143. The molecule has 56 valence electrons. The second kappa shape index (κ2) is 3.06. The minimum atomic E-state index is -2.54. The number of aromatic nitrogens is 1. The standard InChI is InChI=1S/C7H4F2N2/c8-7(9)5-1-2-11-6(3-5)4-10/h1-3,7H. The third-order valence-electron chi connectivity index (χ3n) is 1.15. The Kier molecular flexibility index (Phi) is 2.12. The van der Waals surface area contributed by atoms with Crippen LogP contribution in [0, 0.1) is 11.3 Å². The number of nitrogens with zero attached hydrogens (tertiary/aromatic N) is 2. The van der Waals surface area contributed by atoms with E-state index in [0.29, 0.717) is 0 Å². The van der Waals surface area contributed by atoms with Crippen LogP contribution >= 0.6 is 0 Å². The van der Waals surface area contributed by atoms with E-state index in [1.165, 1.54) is 12.3 Å². The molecule has 2 nitrogen and oxygen atoms in total. The van der Waals surface area contributed by atoms with E-state index < -0.39 is 6.43 Å². The highest BCUT2D eigenvalue weighted by atomic mass is 19.3. The summed E-state index contributed by atoms with van der Waals surface area (Å²) in [5.41, 5.74) is -0.153. The van der Waals surface area contributed by atoms with Gasteiger partial charge in [0.25, 0.3) is 6.43 Å². The van der Waals surface area contributed by atoms with Crippen LogP contribution < -0.4 is 0 Å². The zero-order chi connectivity index (χ0) is 8.27. The van der Waals surface area contributed by atoms with E-state index in [9.17, 15) is 8.78 Å². The quantitative estimate of drug-likeness (QED) is 0.619. The lowest BCUT2D eigenvalue weighted by molar-refractivity contribution is 0.151. The lowest BCUT2D eigenvalue weighted by atomic mass is 10.2. The van der Waals surface area contributed by atoms with Gasteiger partial charge in [0, 0.05) is 11.8 Å². The van der Waals surface area contributed by atoms with Crippen molar-refractivity contribution in [3.63, 3.8) is 0 Å². The predicted molar refractivity (Wildman–Crippen MR) is 33.9 cm³/mol. The molecule has 0 saturated carbocycles. The third kappa shape index (κ3) is 1.71. The van der Waals surface area contributed by atoms with Gasteiger partial charge in [-0.25, -0.2) is 13.8 Å². The van der Waals surface area contributed by atoms with Crippen LogP contribution in [0.4, 0.5) is 8.78 Å². The van der Waals surface area contributed by atoms with Crippen LogP contribution in [-0.4, -0.2) is 4.98 Å². The smallest absolute Gasteiger partial charge is 0.246 e. The molecular formula is C7H4F2N2. The van der Waals surface area contributed by atoms with Crippen molar-refractivity contribution in [1.82, 2.24) is 4.98 Å². The Bertz CT molecular complexity index is 291. The van der Waals surface area contributed by atoms with Crippen LogP contribution in [0.15, 0.2) is 18.3 Å². The summed E-state index contributed by atoms with van der Waals surface area (Å²) in [5, 5.41) is 8.29. The summed E-state index contributed by atoms with van der Waals surface area (Å²) in [7, 11) is 0. The van der Waals surface area contributed by atoms with Crippen molar-refractivity contribution >= 4 is 0 Å². The summed E-state index contributed by atoms with van der Waals surface area (Å²) < 4.78 is 23.9. The summed E-state index contributed by atoms with van der Waals surface area (Å²) in [6.45, 7) is 0. The second-order valence-corrected chi connectivity index (χ2v) is 1.89. The van der Waals surface area contributed by atoms with Crippen LogP contribution in [0.5, 0.6) is 0 Å². The molecule has 1 aromatic heterocycles. The number of nitriles is 1. The number of pyridine rings is 1. The van der Waals surface area contributed by atoms with Crippen molar-refractivity contribution in [3.8, 4) is 6.07 Å². The maximum atomic E-state index is 11.9. The largest absolute Gasteiger partial charge is 0.264 e. The molecule has 1 rings (SSSR count). The average Bonchev–Trinajstić information content (AvgIpc) is 2.05. The Labute approximate surface area is 62.1 Å².